The number of alkyl carbamates (subject to hydrolysis) is 1. The molecule has 1 unspecified atom stereocenters. The van der Waals surface area contributed by atoms with Crippen molar-refractivity contribution in [1.82, 2.24) is 10.2 Å². The van der Waals surface area contributed by atoms with Gasteiger partial charge >= 0.3 is 6.09 Å². The van der Waals surface area contributed by atoms with Crippen LogP contribution in [0.5, 0.6) is 0 Å². The Morgan fingerprint density at radius 1 is 1.33 bits per heavy atom. The van der Waals surface area contributed by atoms with Gasteiger partial charge in [0.05, 0.1) is 12.0 Å². The van der Waals surface area contributed by atoms with E-state index in [0.29, 0.717) is 19.7 Å². The quantitative estimate of drug-likeness (QED) is 0.817. The second-order valence-corrected chi connectivity index (χ2v) is 6.15. The van der Waals surface area contributed by atoms with E-state index in [1.807, 2.05) is 4.90 Å². The van der Waals surface area contributed by atoms with Crippen molar-refractivity contribution < 1.29 is 14.3 Å². The number of piperidine rings is 1. The van der Waals surface area contributed by atoms with Gasteiger partial charge in [0, 0.05) is 25.7 Å². The first kappa shape index (κ1) is 16.1. The Morgan fingerprint density at radius 3 is 2.67 bits per heavy atom. The summed E-state index contributed by atoms with van der Waals surface area (Å²) in [5.74, 6) is 0.179. The highest BCUT2D eigenvalue weighted by Crippen LogP contribution is 2.39. The summed E-state index contributed by atoms with van der Waals surface area (Å²) in [6.45, 7) is 3.90. The summed E-state index contributed by atoms with van der Waals surface area (Å²) >= 11 is 0. The molecule has 120 valence electrons. The minimum atomic E-state index is -0.397. The van der Waals surface area contributed by atoms with Gasteiger partial charge in [-0.1, -0.05) is 12.8 Å². The molecule has 1 atom stereocenters. The van der Waals surface area contributed by atoms with Gasteiger partial charge in [0.15, 0.2) is 0 Å². The minimum absolute atomic E-state index is 0.0158. The third-order valence-electron chi connectivity index (χ3n) is 4.71. The molecule has 0 aromatic rings. The molecule has 6 nitrogen and oxygen atoms in total. The molecule has 1 saturated heterocycles. The van der Waals surface area contributed by atoms with Gasteiger partial charge in [-0.2, -0.15) is 0 Å². The van der Waals surface area contributed by atoms with Crippen LogP contribution in [0.1, 0.15) is 45.4 Å². The van der Waals surface area contributed by atoms with Gasteiger partial charge in [0.2, 0.25) is 5.91 Å². The molecule has 2 aliphatic rings. The Balaban J connectivity index is 1.94. The van der Waals surface area contributed by atoms with Gasteiger partial charge in [-0.05, 0) is 32.6 Å². The Kier molecular flexibility index (Phi) is 5.45. The van der Waals surface area contributed by atoms with Crippen molar-refractivity contribution in [2.45, 2.75) is 51.5 Å². The highest BCUT2D eigenvalue weighted by atomic mass is 16.5. The van der Waals surface area contributed by atoms with E-state index in [4.69, 9.17) is 10.5 Å². The molecule has 2 fully saturated rings. The molecule has 0 spiro atoms. The van der Waals surface area contributed by atoms with Crippen LogP contribution in [-0.4, -0.2) is 49.2 Å². The second kappa shape index (κ2) is 7.11. The number of nitrogens with one attached hydrogen (secondary N) is 1. The van der Waals surface area contributed by atoms with Crippen LogP contribution in [0.2, 0.25) is 0 Å². The molecule has 1 saturated carbocycles. The normalized spacial score (nSPS) is 24.7. The van der Waals surface area contributed by atoms with Gasteiger partial charge < -0.3 is 20.7 Å². The zero-order chi connectivity index (χ0) is 15.3. The smallest absolute Gasteiger partial charge is 0.407 e. The Bertz CT molecular complexity index is 380. The summed E-state index contributed by atoms with van der Waals surface area (Å²) < 4.78 is 4.91. The van der Waals surface area contributed by atoms with Crippen LogP contribution in [0.3, 0.4) is 0 Å². The summed E-state index contributed by atoms with van der Waals surface area (Å²) in [6.07, 6.45) is 5.36. The molecule has 1 heterocycles. The third-order valence-corrected chi connectivity index (χ3v) is 4.71. The van der Waals surface area contributed by atoms with Crippen LogP contribution >= 0.6 is 0 Å². The molecule has 1 aliphatic carbocycles. The SMILES string of the molecule is CCOC(=O)NC1CCCN(C(=O)C2(CN)CCCC2)C1. The molecule has 1 aliphatic heterocycles. The van der Waals surface area contributed by atoms with E-state index in [0.717, 1.165) is 45.1 Å². The fraction of sp³-hybridized carbons (Fsp3) is 0.867. The lowest BCUT2D eigenvalue weighted by atomic mass is 9.84. The first-order valence-electron chi connectivity index (χ1n) is 8.04. The lowest BCUT2D eigenvalue weighted by molar-refractivity contribution is -0.142. The van der Waals surface area contributed by atoms with Crippen molar-refractivity contribution in [2.75, 3.05) is 26.2 Å². The van der Waals surface area contributed by atoms with Crippen molar-refractivity contribution in [1.29, 1.82) is 0 Å². The Morgan fingerprint density at radius 2 is 2.05 bits per heavy atom. The molecular formula is C15H27N3O3. The molecule has 0 radical (unpaired) electrons. The number of carbonyl (C=O) groups excluding carboxylic acids is 2. The van der Waals surface area contributed by atoms with Gasteiger partial charge in [-0.15, -0.1) is 0 Å². The summed E-state index contributed by atoms with van der Waals surface area (Å²) in [4.78, 5) is 26.2. The monoisotopic (exact) mass is 297 g/mol. The van der Waals surface area contributed by atoms with E-state index in [2.05, 4.69) is 5.32 Å². The maximum absolute atomic E-state index is 12.8. The van der Waals surface area contributed by atoms with E-state index in [9.17, 15) is 9.59 Å². The molecule has 3 N–H and O–H groups in total. The molecule has 21 heavy (non-hydrogen) atoms. The van der Waals surface area contributed by atoms with E-state index < -0.39 is 6.09 Å². The first-order valence-corrected chi connectivity index (χ1v) is 8.04. The predicted molar refractivity (Wildman–Crippen MR) is 79.7 cm³/mol. The van der Waals surface area contributed by atoms with Crippen LogP contribution in [0, 0.1) is 5.41 Å². The van der Waals surface area contributed by atoms with Crippen LogP contribution in [-0.2, 0) is 9.53 Å². The molecule has 6 heteroatoms. The number of nitrogens with two attached hydrogens (primary N) is 1. The summed E-state index contributed by atoms with van der Waals surface area (Å²) in [5, 5.41) is 2.84. The van der Waals surface area contributed by atoms with Crippen LogP contribution in [0.4, 0.5) is 4.79 Å². The van der Waals surface area contributed by atoms with Crippen LogP contribution in [0.25, 0.3) is 0 Å². The van der Waals surface area contributed by atoms with E-state index in [-0.39, 0.29) is 17.4 Å². The van der Waals surface area contributed by atoms with Crippen molar-refractivity contribution in [3.63, 3.8) is 0 Å². The van der Waals surface area contributed by atoms with Crippen LogP contribution in [0.15, 0.2) is 0 Å². The van der Waals surface area contributed by atoms with Crippen molar-refractivity contribution in [3.8, 4) is 0 Å². The molecular weight excluding hydrogens is 270 g/mol. The molecule has 0 aromatic heterocycles. The van der Waals surface area contributed by atoms with Crippen molar-refractivity contribution in [2.24, 2.45) is 11.1 Å². The molecule has 0 aromatic carbocycles. The van der Waals surface area contributed by atoms with Gasteiger partial charge in [-0.3, -0.25) is 4.79 Å². The molecule has 2 amide bonds. The molecule has 0 bridgehead atoms. The number of rotatable bonds is 4. The average molecular weight is 297 g/mol. The summed E-state index contributed by atoms with van der Waals surface area (Å²) in [5.41, 5.74) is 5.54. The number of carbonyl (C=O) groups is 2. The standard InChI is InChI=1S/C15H27N3O3/c1-2-21-14(20)17-12-6-5-9-18(10-12)13(19)15(11-16)7-3-4-8-15/h12H,2-11,16H2,1H3,(H,17,20). The minimum Gasteiger partial charge on any atom is -0.450 e. The lowest BCUT2D eigenvalue weighted by Gasteiger charge is -2.38. The number of amides is 2. The van der Waals surface area contributed by atoms with E-state index in [1.165, 1.54) is 0 Å². The van der Waals surface area contributed by atoms with E-state index in [1.54, 1.807) is 6.92 Å². The number of hydrogen-bond acceptors (Lipinski definition) is 4. The number of nitrogens with zero attached hydrogens (tertiary/aromatic N) is 1. The van der Waals surface area contributed by atoms with Gasteiger partial charge in [-0.25, -0.2) is 4.79 Å². The maximum Gasteiger partial charge on any atom is 0.407 e. The fourth-order valence-corrected chi connectivity index (χ4v) is 3.51. The fourth-order valence-electron chi connectivity index (χ4n) is 3.51. The molecule has 2 rings (SSSR count). The highest BCUT2D eigenvalue weighted by molar-refractivity contribution is 5.83. The topological polar surface area (TPSA) is 84.7 Å². The number of likely N-dealkylation sites (tertiary alicyclic amines) is 1. The lowest BCUT2D eigenvalue weighted by Crippen LogP contribution is -2.54. The average Bonchev–Trinajstić information content (AvgIpc) is 2.97. The van der Waals surface area contributed by atoms with Gasteiger partial charge in [0.1, 0.15) is 0 Å². The number of hydrogen-bond donors (Lipinski definition) is 2. The Labute approximate surface area is 126 Å². The maximum atomic E-state index is 12.8. The second-order valence-electron chi connectivity index (χ2n) is 6.15. The zero-order valence-electron chi connectivity index (χ0n) is 12.9. The summed E-state index contributed by atoms with van der Waals surface area (Å²) in [6, 6.07) is -0.0158. The Hall–Kier alpha value is -1.30. The summed E-state index contributed by atoms with van der Waals surface area (Å²) in [7, 11) is 0. The third kappa shape index (κ3) is 3.67. The van der Waals surface area contributed by atoms with Crippen molar-refractivity contribution in [3.05, 3.63) is 0 Å². The zero-order valence-corrected chi connectivity index (χ0v) is 12.9. The van der Waals surface area contributed by atoms with Crippen LogP contribution < -0.4 is 11.1 Å². The first-order chi connectivity index (χ1) is 10.1. The van der Waals surface area contributed by atoms with E-state index >= 15 is 0 Å². The highest BCUT2D eigenvalue weighted by Gasteiger charge is 2.43. The van der Waals surface area contributed by atoms with Crippen molar-refractivity contribution >= 4 is 12.0 Å². The number of ether oxygens (including phenoxy) is 1. The van der Waals surface area contributed by atoms with Gasteiger partial charge in [0.25, 0.3) is 0 Å². The largest absolute Gasteiger partial charge is 0.450 e. The predicted octanol–water partition coefficient (Wildman–Crippen LogP) is 1.24.